The Kier molecular flexibility index (Phi) is 6.31. The largest absolute Gasteiger partial charge is 2.00 e. The summed E-state index contributed by atoms with van der Waals surface area (Å²) in [6.45, 7) is 4.38. The van der Waals surface area contributed by atoms with Crippen molar-refractivity contribution < 1.29 is 25.8 Å². The molecule has 0 amide bonds. The first-order valence-corrected chi connectivity index (χ1v) is 11.7. The number of fused-ring (bicyclic) bond motifs is 4. The quantitative estimate of drug-likeness (QED) is 0.147. The first-order chi connectivity index (χ1) is 16.6. The molecule has 6 heteroatoms. The molecule has 0 fully saturated rings. The van der Waals surface area contributed by atoms with Crippen molar-refractivity contribution in [2.75, 3.05) is 0 Å². The molecule has 0 N–H and O–H groups in total. The summed E-state index contributed by atoms with van der Waals surface area (Å²) < 4.78 is 8.30. The topological polar surface area (TPSA) is 39.9 Å². The van der Waals surface area contributed by atoms with E-state index in [1.165, 1.54) is 5.56 Å². The standard InChI is InChI=1S/C29H22N3OS.Pt/c1-18(2)20-14-15-30-27(16-20)32-24-8-4-3-7-22(24)23-12-11-21(17-25(23)32)33-28-13-10-19-6-5-9-26(34)29(19)31-28;/h3-16,18,34H,1-2H3;/q-1;+2/p-1. The zero-order chi connectivity index (χ0) is 23.2. The Bertz CT molecular complexity index is 1690. The van der Waals surface area contributed by atoms with Crippen molar-refractivity contribution in [3.63, 3.8) is 0 Å². The minimum Gasteiger partial charge on any atom is -0.778 e. The van der Waals surface area contributed by atoms with Crippen molar-refractivity contribution in [3.05, 3.63) is 96.7 Å². The Labute approximate surface area is 223 Å². The molecule has 0 unspecified atom stereocenters. The average Bonchev–Trinajstić information content (AvgIpc) is 3.18. The predicted molar refractivity (Wildman–Crippen MR) is 139 cm³/mol. The third-order valence-electron chi connectivity index (χ3n) is 6.09. The minimum absolute atomic E-state index is 0. The molecule has 0 saturated carbocycles. The SMILES string of the molecule is CC(C)c1ccnc(-n2c3[c-]c(Oc4ccc5cccc([S-])c5n4)ccc3c3ccccc32)c1.[Pt+2]. The molecule has 35 heavy (non-hydrogen) atoms. The first kappa shape index (κ1) is 23.5. The summed E-state index contributed by atoms with van der Waals surface area (Å²) in [5.74, 6) is 2.35. The van der Waals surface area contributed by atoms with Gasteiger partial charge >= 0.3 is 21.1 Å². The van der Waals surface area contributed by atoms with Crippen LogP contribution in [0.5, 0.6) is 11.6 Å². The molecule has 174 valence electrons. The molecule has 3 heterocycles. The van der Waals surface area contributed by atoms with Crippen LogP contribution in [0.15, 0.2) is 90.0 Å². The third-order valence-corrected chi connectivity index (χ3v) is 6.42. The average molecular weight is 655 g/mol. The van der Waals surface area contributed by atoms with E-state index in [-0.39, 0.29) is 21.1 Å². The van der Waals surface area contributed by atoms with E-state index in [9.17, 15) is 0 Å². The first-order valence-electron chi connectivity index (χ1n) is 11.2. The summed E-state index contributed by atoms with van der Waals surface area (Å²) in [7, 11) is 0. The van der Waals surface area contributed by atoms with Gasteiger partial charge in [0, 0.05) is 23.5 Å². The Morgan fingerprint density at radius 1 is 0.914 bits per heavy atom. The van der Waals surface area contributed by atoms with E-state index >= 15 is 0 Å². The monoisotopic (exact) mass is 654 g/mol. The van der Waals surface area contributed by atoms with Crippen LogP contribution in [-0.2, 0) is 33.7 Å². The van der Waals surface area contributed by atoms with Gasteiger partial charge in [-0.2, -0.15) is 6.07 Å². The van der Waals surface area contributed by atoms with Gasteiger partial charge in [0.25, 0.3) is 0 Å². The second-order valence-electron chi connectivity index (χ2n) is 8.62. The molecule has 3 aromatic heterocycles. The van der Waals surface area contributed by atoms with Gasteiger partial charge in [-0.15, -0.1) is 22.4 Å². The van der Waals surface area contributed by atoms with Crippen LogP contribution < -0.4 is 4.74 Å². The summed E-state index contributed by atoms with van der Waals surface area (Å²) in [6.07, 6.45) is 1.87. The molecule has 3 aromatic carbocycles. The third kappa shape index (κ3) is 4.20. The molecule has 4 nitrogen and oxygen atoms in total. The van der Waals surface area contributed by atoms with Gasteiger partial charge in [0.2, 0.25) is 5.88 Å². The van der Waals surface area contributed by atoms with Crippen molar-refractivity contribution in [1.82, 2.24) is 14.5 Å². The maximum atomic E-state index is 6.15. The molecular weight excluding hydrogens is 633 g/mol. The Morgan fingerprint density at radius 2 is 1.77 bits per heavy atom. The second kappa shape index (κ2) is 9.41. The maximum absolute atomic E-state index is 6.15. The van der Waals surface area contributed by atoms with Crippen LogP contribution in [-0.4, -0.2) is 14.5 Å². The van der Waals surface area contributed by atoms with Gasteiger partial charge in [0.05, 0.1) is 5.52 Å². The van der Waals surface area contributed by atoms with Gasteiger partial charge < -0.3 is 21.9 Å². The summed E-state index contributed by atoms with van der Waals surface area (Å²) in [6, 6.07) is 29.7. The van der Waals surface area contributed by atoms with E-state index in [4.69, 9.17) is 22.3 Å². The number of hydrogen-bond acceptors (Lipinski definition) is 4. The fourth-order valence-corrected chi connectivity index (χ4v) is 4.60. The summed E-state index contributed by atoms with van der Waals surface area (Å²) >= 11 is 5.44. The number of nitrogens with zero attached hydrogens (tertiary/aromatic N) is 3. The molecule has 6 rings (SSSR count). The molecule has 0 atom stereocenters. The summed E-state index contributed by atoms with van der Waals surface area (Å²) in [5.41, 5.74) is 4.00. The minimum atomic E-state index is 0. The van der Waals surface area contributed by atoms with E-state index in [0.717, 1.165) is 38.5 Å². The van der Waals surface area contributed by atoms with Crippen LogP contribution in [0.25, 0.3) is 38.5 Å². The normalized spacial score (nSPS) is 11.3. The fraction of sp³-hybridized carbons (Fsp3) is 0.103. The van der Waals surface area contributed by atoms with Gasteiger partial charge in [0.1, 0.15) is 5.82 Å². The maximum Gasteiger partial charge on any atom is 2.00 e. The Balaban J connectivity index is 0.00000253. The number of benzene rings is 3. The molecule has 0 spiro atoms. The molecule has 0 aliphatic heterocycles. The van der Waals surface area contributed by atoms with Crippen LogP contribution in [0.1, 0.15) is 25.3 Å². The molecule has 0 saturated heterocycles. The van der Waals surface area contributed by atoms with Gasteiger partial charge in [0.15, 0.2) is 0 Å². The van der Waals surface area contributed by atoms with Crippen molar-refractivity contribution >= 4 is 45.3 Å². The molecular formula is C29H21N3OPtS. The molecule has 0 bridgehead atoms. The van der Waals surface area contributed by atoms with E-state index in [0.29, 0.717) is 22.4 Å². The van der Waals surface area contributed by atoms with Gasteiger partial charge in [-0.3, -0.25) is 0 Å². The van der Waals surface area contributed by atoms with E-state index in [2.05, 4.69) is 65.9 Å². The van der Waals surface area contributed by atoms with Gasteiger partial charge in [-0.05, 0) is 46.5 Å². The second-order valence-corrected chi connectivity index (χ2v) is 9.06. The van der Waals surface area contributed by atoms with Crippen molar-refractivity contribution in [2.45, 2.75) is 24.7 Å². The number of pyridine rings is 2. The zero-order valence-electron chi connectivity index (χ0n) is 19.1. The van der Waals surface area contributed by atoms with Crippen LogP contribution in [0.2, 0.25) is 0 Å². The van der Waals surface area contributed by atoms with Crippen LogP contribution in [0.4, 0.5) is 0 Å². The van der Waals surface area contributed by atoms with Crippen molar-refractivity contribution in [2.24, 2.45) is 0 Å². The van der Waals surface area contributed by atoms with Crippen LogP contribution >= 0.6 is 0 Å². The van der Waals surface area contributed by atoms with E-state index < -0.39 is 0 Å². The van der Waals surface area contributed by atoms with Gasteiger partial charge in [-0.1, -0.05) is 55.8 Å². The molecule has 0 radical (unpaired) electrons. The Morgan fingerprint density at radius 3 is 2.63 bits per heavy atom. The Hall–Kier alpha value is -3.27. The molecule has 0 aliphatic carbocycles. The smallest absolute Gasteiger partial charge is 0.778 e. The van der Waals surface area contributed by atoms with Crippen LogP contribution in [0, 0.1) is 6.07 Å². The van der Waals surface area contributed by atoms with Crippen molar-refractivity contribution in [3.8, 4) is 17.4 Å². The van der Waals surface area contributed by atoms with Crippen LogP contribution in [0.3, 0.4) is 0 Å². The van der Waals surface area contributed by atoms with Crippen molar-refractivity contribution in [1.29, 1.82) is 0 Å². The van der Waals surface area contributed by atoms with Gasteiger partial charge in [-0.25, -0.2) is 9.97 Å². The number of ether oxygens (including phenoxy) is 1. The summed E-state index contributed by atoms with van der Waals surface area (Å²) in [5, 5.41) is 3.24. The van der Waals surface area contributed by atoms with E-state index in [1.807, 2.05) is 48.7 Å². The molecule has 6 aromatic rings. The fourth-order valence-electron chi connectivity index (χ4n) is 4.36. The number of aromatic nitrogens is 3. The zero-order valence-corrected chi connectivity index (χ0v) is 22.2. The van der Waals surface area contributed by atoms with E-state index in [1.54, 1.807) is 0 Å². The predicted octanol–water partition coefficient (Wildman–Crippen LogP) is 7.35. The number of para-hydroxylation sites is 2. The number of rotatable bonds is 4. The number of hydrogen-bond donors (Lipinski definition) is 0. The molecule has 0 aliphatic rings. The summed E-state index contributed by atoms with van der Waals surface area (Å²) in [4.78, 5) is 10.0.